The summed E-state index contributed by atoms with van der Waals surface area (Å²) < 4.78 is 11.3. The number of ether oxygens (including phenoxy) is 2. The fraction of sp³-hybridized carbons (Fsp3) is 0.909. The molecule has 4 atom stereocenters. The van der Waals surface area contributed by atoms with Crippen LogP contribution in [0.5, 0.6) is 0 Å². The summed E-state index contributed by atoms with van der Waals surface area (Å²) in [5.41, 5.74) is 5.90. The second kappa shape index (κ2) is 4.55. The highest BCUT2D eigenvalue weighted by atomic mass is 32.2. The summed E-state index contributed by atoms with van der Waals surface area (Å²) in [7, 11) is 0. The number of amidine groups is 1. The number of nitrogens with zero attached hydrogens (tertiary/aromatic N) is 1. The highest BCUT2D eigenvalue weighted by molar-refractivity contribution is 8.14. The van der Waals surface area contributed by atoms with Gasteiger partial charge in [0.15, 0.2) is 5.17 Å². The average molecular weight is 242 g/mol. The molecule has 0 radical (unpaired) electrons. The molecule has 3 rings (SSSR count). The summed E-state index contributed by atoms with van der Waals surface area (Å²) in [6, 6.07) is 0.268. The minimum atomic E-state index is 0.268. The van der Waals surface area contributed by atoms with Gasteiger partial charge in [0.2, 0.25) is 0 Å². The van der Waals surface area contributed by atoms with Crippen LogP contribution in [0, 0.1) is 5.92 Å². The monoisotopic (exact) mass is 242 g/mol. The topological polar surface area (TPSA) is 56.8 Å². The first-order valence-corrected chi connectivity index (χ1v) is 6.92. The van der Waals surface area contributed by atoms with Crippen molar-refractivity contribution >= 4 is 16.9 Å². The zero-order chi connectivity index (χ0) is 11.0. The number of nitrogens with two attached hydrogens (primary N) is 1. The molecule has 3 aliphatic rings. The Morgan fingerprint density at radius 1 is 1.31 bits per heavy atom. The summed E-state index contributed by atoms with van der Waals surface area (Å²) in [5, 5.41) is 1.21. The molecular weight excluding hydrogens is 224 g/mol. The third kappa shape index (κ3) is 1.96. The molecule has 0 aromatic heterocycles. The summed E-state index contributed by atoms with van der Waals surface area (Å²) in [6.45, 7) is 2.50. The second-order valence-corrected chi connectivity index (χ2v) is 5.89. The van der Waals surface area contributed by atoms with Gasteiger partial charge >= 0.3 is 0 Å². The molecule has 0 amide bonds. The molecule has 0 aromatic carbocycles. The molecule has 90 valence electrons. The number of aliphatic imine (C=N–C) groups is 1. The molecule has 0 saturated carbocycles. The van der Waals surface area contributed by atoms with Crippen molar-refractivity contribution < 1.29 is 9.47 Å². The van der Waals surface area contributed by atoms with Crippen molar-refractivity contribution in [3.8, 4) is 0 Å². The number of thioether (sulfide) groups is 1. The van der Waals surface area contributed by atoms with Crippen LogP contribution in [0.15, 0.2) is 4.99 Å². The molecule has 16 heavy (non-hydrogen) atoms. The largest absolute Gasteiger partial charge is 0.379 e. The zero-order valence-corrected chi connectivity index (χ0v) is 10.1. The van der Waals surface area contributed by atoms with Crippen LogP contribution in [0.1, 0.15) is 19.3 Å². The number of rotatable bonds is 1. The van der Waals surface area contributed by atoms with Crippen molar-refractivity contribution in [1.82, 2.24) is 0 Å². The van der Waals surface area contributed by atoms with E-state index in [1.807, 2.05) is 0 Å². The molecule has 3 heterocycles. The summed E-state index contributed by atoms with van der Waals surface area (Å²) in [6.07, 6.45) is 3.84. The van der Waals surface area contributed by atoms with E-state index in [-0.39, 0.29) is 6.04 Å². The Bertz CT molecular complexity index is 292. The van der Waals surface area contributed by atoms with Gasteiger partial charge in [0.1, 0.15) is 0 Å². The van der Waals surface area contributed by atoms with Gasteiger partial charge in [-0.05, 0) is 19.3 Å². The van der Waals surface area contributed by atoms with Gasteiger partial charge in [0.05, 0.1) is 18.8 Å². The molecular formula is C11H18N2O2S. The molecule has 0 aliphatic carbocycles. The van der Waals surface area contributed by atoms with E-state index in [2.05, 4.69) is 4.99 Å². The van der Waals surface area contributed by atoms with Gasteiger partial charge in [-0.2, -0.15) is 0 Å². The molecule has 3 unspecified atom stereocenters. The maximum Gasteiger partial charge on any atom is 0.154 e. The first-order valence-electron chi connectivity index (χ1n) is 6.04. The van der Waals surface area contributed by atoms with Crippen LogP contribution in [0.3, 0.4) is 0 Å². The van der Waals surface area contributed by atoms with Crippen molar-refractivity contribution in [2.24, 2.45) is 16.6 Å². The van der Waals surface area contributed by atoms with Crippen LogP contribution in [0.4, 0.5) is 0 Å². The lowest BCUT2D eigenvalue weighted by Crippen LogP contribution is -2.47. The smallest absolute Gasteiger partial charge is 0.154 e. The van der Waals surface area contributed by atoms with Gasteiger partial charge in [-0.15, -0.1) is 0 Å². The molecule has 2 saturated heterocycles. The Kier molecular flexibility index (Phi) is 3.09. The highest BCUT2D eigenvalue weighted by Crippen LogP contribution is 2.39. The third-order valence-electron chi connectivity index (χ3n) is 3.68. The van der Waals surface area contributed by atoms with Gasteiger partial charge in [-0.1, -0.05) is 11.8 Å². The van der Waals surface area contributed by atoms with Crippen LogP contribution < -0.4 is 5.73 Å². The van der Waals surface area contributed by atoms with Crippen LogP contribution >= 0.6 is 11.8 Å². The highest BCUT2D eigenvalue weighted by Gasteiger charge is 2.42. The minimum absolute atomic E-state index is 0.268. The number of hydrogen-bond acceptors (Lipinski definition) is 5. The van der Waals surface area contributed by atoms with E-state index in [1.165, 1.54) is 12.8 Å². The summed E-state index contributed by atoms with van der Waals surface area (Å²) >= 11 is 1.72. The quantitative estimate of drug-likeness (QED) is 0.745. The lowest BCUT2D eigenvalue weighted by atomic mass is 9.88. The zero-order valence-electron chi connectivity index (χ0n) is 9.30. The van der Waals surface area contributed by atoms with E-state index in [1.54, 1.807) is 11.8 Å². The van der Waals surface area contributed by atoms with Crippen LogP contribution in [-0.2, 0) is 9.47 Å². The van der Waals surface area contributed by atoms with E-state index in [0.29, 0.717) is 22.4 Å². The number of hydrogen-bond donors (Lipinski definition) is 1. The van der Waals surface area contributed by atoms with Gasteiger partial charge in [0.25, 0.3) is 0 Å². The van der Waals surface area contributed by atoms with Crippen LogP contribution in [0.2, 0.25) is 0 Å². The molecule has 2 fully saturated rings. The third-order valence-corrected chi connectivity index (χ3v) is 4.95. The van der Waals surface area contributed by atoms with Crippen LogP contribution in [0.25, 0.3) is 0 Å². The van der Waals surface area contributed by atoms with E-state index in [4.69, 9.17) is 15.2 Å². The molecule has 0 bridgehead atoms. The fourth-order valence-electron chi connectivity index (χ4n) is 2.89. The van der Waals surface area contributed by atoms with E-state index in [0.717, 1.165) is 26.2 Å². The number of fused-ring (bicyclic) bond motifs is 1. The average Bonchev–Trinajstić information content (AvgIpc) is 2.81. The molecule has 3 aliphatic heterocycles. The predicted octanol–water partition coefficient (Wildman–Crippen LogP) is 1.00. The fourth-order valence-corrected chi connectivity index (χ4v) is 4.22. The minimum Gasteiger partial charge on any atom is -0.379 e. The van der Waals surface area contributed by atoms with Crippen molar-refractivity contribution in [1.29, 1.82) is 0 Å². The van der Waals surface area contributed by atoms with Crippen molar-refractivity contribution in [3.63, 3.8) is 0 Å². The lowest BCUT2D eigenvalue weighted by molar-refractivity contribution is 0.0245. The van der Waals surface area contributed by atoms with Gasteiger partial charge in [-0.3, -0.25) is 4.99 Å². The standard InChI is InChI=1S/C11H18N2O2S/c12-11-13-8-6-14-5-3-7(8)10(16-11)9-2-1-4-15-9/h7-10H,1-6H2,(H2,12,13)/t7?,8?,9-,10?/m0/s1. The Morgan fingerprint density at radius 2 is 2.25 bits per heavy atom. The molecule has 0 aromatic rings. The van der Waals surface area contributed by atoms with E-state index < -0.39 is 0 Å². The van der Waals surface area contributed by atoms with Crippen molar-refractivity contribution in [2.45, 2.75) is 36.7 Å². The second-order valence-electron chi connectivity index (χ2n) is 4.70. The Morgan fingerprint density at radius 3 is 3.06 bits per heavy atom. The first kappa shape index (κ1) is 10.9. The molecule has 4 nitrogen and oxygen atoms in total. The Labute approximate surface area is 100.0 Å². The van der Waals surface area contributed by atoms with Gasteiger partial charge in [-0.25, -0.2) is 0 Å². The normalized spacial score (nSPS) is 43.9. The predicted molar refractivity (Wildman–Crippen MR) is 64.7 cm³/mol. The molecule has 0 spiro atoms. The Balaban J connectivity index is 1.78. The van der Waals surface area contributed by atoms with Gasteiger partial charge in [0, 0.05) is 24.4 Å². The maximum absolute atomic E-state index is 5.90. The first-order chi connectivity index (χ1) is 7.84. The lowest BCUT2D eigenvalue weighted by Gasteiger charge is -2.40. The SMILES string of the molecule is NC1=NC2COCCC2C([C@@H]2CCCO2)S1. The maximum atomic E-state index is 5.90. The van der Waals surface area contributed by atoms with Crippen molar-refractivity contribution in [2.75, 3.05) is 19.8 Å². The van der Waals surface area contributed by atoms with Crippen LogP contribution in [-0.4, -0.2) is 42.4 Å². The Hall–Kier alpha value is -0.260. The summed E-state index contributed by atoms with van der Waals surface area (Å²) in [5.74, 6) is 0.592. The summed E-state index contributed by atoms with van der Waals surface area (Å²) in [4.78, 5) is 4.50. The molecule has 5 heteroatoms. The van der Waals surface area contributed by atoms with E-state index >= 15 is 0 Å². The van der Waals surface area contributed by atoms with E-state index in [9.17, 15) is 0 Å². The molecule has 2 N–H and O–H groups in total. The van der Waals surface area contributed by atoms with Crippen molar-refractivity contribution in [3.05, 3.63) is 0 Å². The van der Waals surface area contributed by atoms with Gasteiger partial charge < -0.3 is 15.2 Å².